The Balaban J connectivity index is 3.70. The molecule has 64 valence electrons. The minimum absolute atomic E-state index is 0.426. The van der Waals surface area contributed by atoms with E-state index < -0.39 is 12.1 Å². The van der Waals surface area contributed by atoms with Crippen LogP contribution in [0.2, 0.25) is 0 Å². The SMILES string of the molecule is C=C(C)NOC(CC)C(=O)O. The molecule has 0 aromatic rings. The third-order valence-corrected chi connectivity index (χ3v) is 1.02. The molecule has 0 aromatic carbocycles. The van der Waals surface area contributed by atoms with Crippen molar-refractivity contribution in [2.45, 2.75) is 26.4 Å². The van der Waals surface area contributed by atoms with Gasteiger partial charge in [0.25, 0.3) is 0 Å². The smallest absolute Gasteiger partial charge is 0.335 e. The van der Waals surface area contributed by atoms with Crippen LogP contribution in [0.15, 0.2) is 12.3 Å². The van der Waals surface area contributed by atoms with Gasteiger partial charge < -0.3 is 5.11 Å². The first-order chi connectivity index (χ1) is 5.07. The van der Waals surface area contributed by atoms with Crippen molar-refractivity contribution in [3.05, 3.63) is 12.3 Å². The molecule has 0 rings (SSSR count). The van der Waals surface area contributed by atoms with E-state index in [0.717, 1.165) is 0 Å². The van der Waals surface area contributed by atoms with Crippen molar-refractivity contribution in [1.82, 2.24) is 5.48 Å². The average Bonchev–Trinajstić information content (AvgIpc) is 1.87. The summed E-state index contributed by atoms with van der Waals surface area (Å²) in [6, 6.07) is 0. The summed E-state index contributed by atoms with van der Waals surface area (Å²) < 4.78 is 0. The van der Waals surface area contributed by atoms with Crippen molar-refractivity contribution in [1.29, 1.82) is 0 Å². The molecular formula is C7H13NO3. The van der Waals surface area contributed by atoms with Gasteiger partial charge in [0.05, 0.1) is 0 Å². The Labute approximate surface area is 65.8 Å². The first-order valence-corrected chi connectivity index (χ1v) is 3.38. The van der Waals surface area contributed by atoms with E-state index in [4.69, 9.17) is 9.94 Å². The largest absolute Gasteiger partial charge is 0.479 e. The van der Waals surface area contributed by atoms with E-state index >= 15 is 0 Å². The molecule has 1 unspecified atom stereocenters. The van der Waals surface area contributed by atoms with Crippen LogP contribution in [0.25, 0.3) is 0 Å². The Kier molecular flexibility index (Phi) is 4.29. The number of hydrogen-bond donors (Lipinski definition) is 2. The number of allylic oxidation sites excluding steroid dienone is 1. The number of nitrogens with one attached hydrogen (secondary N) is 1. The molecule has 0 aliphatic carbocycles. The van der Waals surface area contributed by atoms with E-state index in [1.54, 1.807) is 13.8 Å². The van der Waals surface area contributed by atoms with E-state index in [-0.39, 0.29) is 0 Å². The summed E-state index contributed by atoms with van der Waals surface area (Å²) in [6.45, 7) is 6.92. The van der Waals surface area contributed by atoms with Crippen molar-refractivity contribution in [2.75, 3.05) is 0 Å². The molecule has 11 heavy (non-hydrogen) atoms. The van der Waals surface area contributed by atoms with Gasteiger partial charge in [-0.05, 0) is 13.3 Å². The minimum atomic E-state index is -0.971. The normalized spacial score (nSPS) is 12.2. The zero-order valence-corrected chi connectivity index (χ0v) is 6.76. The van der Waals surface area contributed by atoms with Crippen LogP contribution in [0, 0.1) is 0 Å². The summed E-state index contributed by atoms with van der Waals surface area (Å²) in [7, 11) is 0. The van der Waals surface area contributed by atoms with Gasteiger partial charge in [-0.2, -0.15) is 0 Å². The molecule has 2 N–H and O–H groups in total. The third-order valence-electron chi connectivity index (χ3n) is 1.02. The van der Waals surface area contributed by atoms with Crippen LogP contribution >= 0.6 is 0 Å². The van der Waals surface area contributed by atoms with Crippen molar-refractivity contribution < 1.29 is 14.7 Å². The second-order valence-electron chi connectivity index (χ2n) is 2.24. The van der Waals surface area contributed by atoms with E-state index in [1.165, 1.54) is 0 Å². The van der Waals surface area contributed by atoms with Crippen LogP contribution in [0.3, 0.4) is 0 Å². The lowest BCUT2D eigenvalue weighted by molar-refractivity contribution is -0.154. The quantitative estimate of drug-likeness (QED) is 0.585. The molecule has 1 atom stereocenters. The molecule has 0 spiro atoms. The predicted octanol–water partition coefficient (Wildman–Crippen LogP) is 0.904. The van der Waals surface area contributed by atoms with Crippen LogP contribution < -0.4 is 5.48 Å². The fraction of sp³-hybridized carbons (Fsp3) is 0.571. The topological polar surface area (TPSA) is 58.6 Å². The van der Waals surface area contributed by atoms with Crippen LogP contribution in [0.4, 0.5) is 0 Å². The fourth-order valence-electron chi connectivity index (χ4n) is 0.480. The number of carboxylic acids is 1. The van der Waals surface area contributed by atoms with Crippen LogP contribution in [0.5, 0.6) is 0 Å². The molecular weight excluding hydrogens is 146 g/mol. The predicted molar refractivity (Wildman–Crippen MR) is 40.7 cm³/mol. The Morgan fingerprint density at radius 1 is 1.82 bits per heavy atom. The highest BCUT2D eigenvalue weighted by atomic mass is 16.7. The maximum Gasteiger partial charge on any atom is 0.335 e. The monoisotopic (exact) mass is 159 g/mol. The second kappa shape index (κ2) is 4.73. The summed E-state index contributed by atoms with van der Waals surface area (Å²) in [6.07, 6.45) is -0.373. The number of rotatable bonds is 5. The van der Waals surface area contributed by atoms with Gasteiger partial charge in [-0.15, -0.1) is 0 Å². The molecule has 0 saturated heterocycles. The van der Waals surface area contributed by atoms with E-state index in [2.05, 4.69) is 12.1 Å². The Hall–Kier alpha value is -1.03. The summed E-state index contributed by atoms with van der Waals surface area (Å²) in [5, 5.41) is 8.49. The lowest BCUT2D eigenvalue weighted by Gasteiger charge is -2.11. The van der Waals surface area contributed by atoms with Gasteiger partial charge in [-0.3, -0.25) is 10.3 Å². The number of hydrogen-bond acceptors (Lipinski definition) is 3. The van der Waals surface area contributed by atoms with Crippen LogP contribution in [-0.2, 0) is 9.63 Å². The van der Waals surface area contributed by atoms with Gasteiger partial charge in [0.15, 0.2) is 6.10 Å². The number of carboxylic acid groups (broad SMARTS) is 1. The second-order valence-corrected chi connectivity index (χ2v) is 2.24. The van der Waals surface area contributed by atoms with Gasteiger partial charge in [0.1, 0.15) is 0 Å². The van der Waals surface area contributed by atoms with Crippen LogP contribution in [0.1, 0.15) is 20.3 Å². The molecule has 0 radical (unpaired) electrons. The lowest BCUT2D eigenvalue weighted by atomic mass is 10.3. The van der Waals surface area contributed by atoms with Gasteiger partial charge in [0, 0.05) is 5.70 Å². The van der Waals surface area contributed by atoms with Gasteiger partial charge in [-0.1, -0.05) is 13.5 Å². The standard InChI is InChI=1S/C7H13NO3/c1-4-6(7(9)10)11-8-5(2)3/h6,8H,2,4H2,1,3H3,(H,9,10). The number of aliphatic carboxylic acids is 1. The molecule has 0 bridgehead atoms. The molecule has 0 saturated carbocycles. The summed E-state index contributed by atoms with van der Waals surface area (Å²) in [4.78, 5) is 15.1. The number of carbonyl (C=O) groups is 1. The number of hydroxylamine groups is 1. The molecule has 0 amide bonds. The van der Waals surface area contributed by atoms with E-state index in [1.807, 2.05) is 0 Å². The van der Waals surface area contributed by atoms with Gasteiger partial charge in [0.2, 0.25) is 0 Å². The molecule has 0 aliphatic heterocycles. The van der Waals surface area contributed by atoms with Crippen molar-refractivity contribution in [2.24, 2.45) is 0 Å². The maximum atomic E-state index is 10.3. The first kappa shape index (κ1) is 9.97. The molecule has 4 nitrogen and oxygen atoms in total. The van der Waals surface area contributed by atoms with Crippen LogP contribution in [-0.4, -0.2) is 17.2 Å². The average molecular weight is 159 g/mol. The molecule has 0 aliphatic rings. The highest BCUT2D eigenvalue weighted by molar-refractivity contribution is 5.72. The third kappa shape index (κ3) is 4.38. The van der Waals surface area contributed by atoms with Gasteiger partial charge in [-0.25, -0.2) is 4.79 Å². The molecule has 0 fully saturated rings. The van der Waals surface area contributed by atoms with Crippen molar-refractivity contribution in [3.8, 4) is 0 Å². The summed E-state index contributed by atoms with van der Waals surface area (Å²) in [5.74, 6) is -0.971. The van der Waals surface area contributed by atoms with Gasteiger partial charge >= 0.3 is 5.97 Å². The summed E-state index contributed by atoms with van der Waals surface area (Å²) >= 11 is 0. The first-order valence-electron chi connectivity index (χ1n) is 3.38. The Bertz CT molecular complexity index is 156. The Morgan fingerprint density at radius 3 is 2.64 bits per heavy atom. The minimum Gasteiger partial charge on any atom is -0.479 e. The molecule has 0 aromatic heterocycles. The van der Waals surface area contributed by atoms with Crippen molar-refractivity contribution in [3.63, 3.8) is 0 Å². The van der Waals surface area contributed by atoms with E-state index in [9.17, 15) is 4.79 Å². The van der Waals surface area contributed by atoms with Crippen molar-refractivity contribution >= 4 is 5.97 Å². The zero-order valence-electron chi connectivity index (χ0n) is 6.76. The maximum absolute atomic E-state index is 10.3. The Morgan fingerprint density at radius 2 is 2.36 bits per heavy atom. The lowest BCUT2D eigenvalue weighted by Crippen LogP contribution is -2.29. The van der Waals surface area contributed by atoms with E-state index in [0.29, 0.717) is 12.1 Å². The fourth-order valence-corrected chi connectivity index (χ4v) is 0.480. The highest BCUT2D eigenvalue weighted by Crippen LogP contribution is 1.96. The highest BCUT2D eigenvalue weighted by Gasteiger charge is 2.15. The molecule has 0 heterocycles. The molecule has 4 heteroatoms. The summed E-state index contributed by atoms with van der Waals surface area (Å²) in [5.41, 5.74) is 2.99. The zero-order chi connectivity index (χ0) is 8.85.